The predicted molar refractivity (Wildman–Crippen MR) is 58.2 cm³/mol. The summed E-state index contributed by atoms with van der Waals surface area (Å²) < 4.78 is 0. The first-order chi connectivity index (χ1) is 6.49. The second-order valence-corrected chi connectivity index (χ2v) is 3.57. The van der Waals surface area contributed by atoms with Gasteiger partial charge in [0.05, 0.1) is 20.5 Å². The molecule has 0 spiro atoms. The summed E-state index contributed by atoms with van der Waals surface area (Å²) in [4.78, 5) is 10.0. The van der Waals surface area contributed by atoms with Crippen molar-refractivity contribution < 1.29 is 4.92 Å². The minimum absolute atomic E-state index is 0.0500. The molecule has 0 saturated carbocycles. The minimum atomic E-state index is -0.642. The Morgan fingerprint density at radius 1 is 1.36 bits per heavy atom. The monoisotopic (exact) mass is 251 g/mol. The Hall–Kier alpha value is -0.770. The standard InChI is InChI=1S/C8H4Cl3NO2/c1-2-4-5(9)3-6(10)7(11)8(4)12(13)14/h2-3H,1H2. The predicted octanol–water partition coefficient (Wildman–Crippen LogP) is 4.20. The number of nitrogens with zero attached hydrogens (tertiary/aromatic N) is 1. The van der Waals surface area contributed by atoms with Gasteiger partial charge in [-0.25, -0.2) is 0 Å². The fourth-order valence-corrected chi connectivity index (χ4v) is 1.73. The Labute approximate surface area is 95.0 Å². The first-order valence-electron chi connectivity index (χ1n) is 3.43. The molecule has 3 nitrogen and oxygen atoms in total. The zero-order chi connectivity index (χ0) is 10.9. The second kappa shape index (κ2) is 4.17. The molecule has 0 heterocycles. The molecule has 14 heavy (non-hydrogen) atoms. The Balaban J connectivity index is 3.64. The maximum absolute atomic E-state index is 10.7. The van der Waals surface area contributed by atoms with Gasteiger partial charge in [-0.15, -0.1) is 0 Å². The molecule has 0 amide bonds. The van der Waals surface area contributed by atoms with E-state index in [2.05, 4.69) is 6.58 Å². The van der Waals surface area contributed by atoms with Gasteiger partial charge < -0.3 is 0 Å². The number of hydrogen-bond donors (Lipinski definition) is 0. The van der Waals surface area contributed by atoms with Crippen LogP contribution < -0.4 is 0 Å². The molecule has 0 saturated heterocycles. The molecule has 1 aromatic carbocycles. The number of nitro groups is 1. The van der Waals surface area contributed by atoms with Gasteiger partial charge in [-0.05, 0) is 6.07 Å². The first-order valence-corrected chi connectivity index (χ1v) is 4.56. The number of halogens is 3. The molecule has 0 aliphatic carbocycles. The number of rotatable bonds is 2. The summed E-state index contributed by atoms with van der Waals surface area (Å²) in [5, 5.41) is 10.7. The molecule has 0 aliphatic rings. The lowest BCUT2D eigenvalue weighted by atomic mass is 10.2. The molecule has 0 bridgehead atoms. The van der Waals surface area contributed by atoms with Crippen LogP contribution in [0, 0.1) is 10.1 Å². The first kappa shape index (κ1) is 11.3. The lowest BCUT2D eigenvalue weighted by Crippen LogP contribution is -1.94. The van der Waals surface area contributed by atoms with Crippen LogP contribution in [0.25, 0.3) is 6.08 Å². The lowest BCUT2D eigenvalue weighted by molar-refractivity contribution is -0.384. The zero-order valence-electron chi connectivity index (χ0n) is 6.76. The second-order valence-electron chi connectivity index (χ2n) is 2.38. The molecule has 1 aromatic rings. The Morgan fingerprint density at radius 2 is 1.93 bits per heavy atom. The van der Waals surface area contributed by atoms with Crippen LogP contribution in [0.1, 0.15) is 5.56 Å². The summed E-state index contributed by atoms with van der Waals surface area (Å²) >= 11 is 17.0. The van der Waals surface area contributed by atoms with Crippen molar-refractivity contribution in [3.05, 3.63) is 43.4 Å². The number of benzene rings is 1. The van der Waals surface area contributed by atoms with Crippen molar-refractivity contribution in [2.45, 2.75) is 0 Å². The summed E-state index contributed by atoms with van der Waals surface area (Å²) in [7, 11) is 0. The van der Waals surface area contributed by atoms with Crippen molar-refractivity contribution in [1.82, 2.24) is 0 Å². The normalized spacial score (nSPS) is 9.93. The van der Waals surface area contributed by atoms with E-state index in [0.29, 0.717) is 0 Å². The molecular formula is C8H4Cl3NO2. The van der Waals surface area contributed by atoms with Crippen molar-refractivity contribution in [1.29, 1.82) is 0 Å². The molecule has 0 N–H and O–H groups in total. The largest absolute Gasteiger partial charge is 0.298 e. The summed E-state index contributed by atoms with van der Waals surface area (Å²) in [6.45, 7) is 3.41. The third kappa shape index (κ3) is 1.85. The average molecular weight is 252 g/mol. The van der Waals surface area contributed by atoms with Gasteiger partial charge in [-0.3, -0.25) is 10.1 Å². The maximum Gasteiger partial charge on any atom is 0.298 e. The van der Waals surface area contributed by atoms with Gasteiger partial charge in [0.15, 0.2) is 0 Å². The van der Waals surface area contributed by atoms with E-state index in [1.165, 1.54) is 12.1 Å². The molecule has 0 fully saturated rings. The fourth-order valence-electron chi connectivity index (χ4n) is 0.969. The zero-order valence-corrected chi connectivity index (χ0v) is 9.03. The smallest absolute Gasteiger partial charge is 0.258 e. The highest BCUT2D eigenvalue weighted by molar-refractivity contribution is 6.45. The van der Waals surface area contributed by atoms with Crippen molar-refractivity contribution in [2.75, 3.05) is 0 Å². The van der Waals surface area contributed by atoms with Crippen LogP contribution in [0.15, 0.2) is 12.6 Å². The van der Waals surface area contributed by atoms with Crippen LogP contribution in [0.4, 0.5) is 5.69 Å². The summed E-state index contributed by atoms with van der Waals surface area (Å²) in [6.07, 6.45) is 1.27. The molecule has 0 unspecified atom stereocenters. The van der Waals surface area contributed by atoms with Crippen molar-refractivity contribution >= 4 is 46.6 Å². The fraction of sp³-hybridized carbons (Fsp3) is 0. The highest BCUT2D eigenvalue weighted by atomic mass is 35.5. The van der Waals surface area contributed by atoms with Gasteiger partial charge in [-0.2, -0.15) is 0 Å². The van der Waals surface area contributed by atoms with Crippen molar-refractivity contribution in [2.24, 2.45) is 0 Å². The lowest BCUT2D eigenvalue weighted by Gasteiger charge is -2.03. The molecule has 0 aromatic heterocycles. The van der Waals surface area contributed by atoms with Crippen LogP contribution in [-0.2, 0) is 0 Å². The van der Waals surface area contributed by atoms with Crippen LogP contribution in [0.2, 0.25) is 15.1 Å². The van der Waals surface area contributed by atoms with E-state index >= 15 is 0 Å². The van der Waals surface area contributed by atoms with E-state index in [-0.39, 0.29) is 26.3 Å². The van der Waals surface area contributed by atoms with Crippen LogP contribution in [0.3, 0.4) is 0 Å². The van der Waals surface area contributed by atoms with E-state index in [9.17, 15) is 10.1 Å². The molecule has 0 radical (unpaired) electrons. The quantitative estimate of drug-likeness (QED) is 0.450. The van der Waals surface area contributed by atoms with Gasteiger partial charge in [0.2, 0.25) is 0 Å². The highest BCUT2D eigenvalue weighted by Crippen LogP contribution is 2.39. The van der Waals surface area contributed by atoms with Crippen molar-refractivity contribution in [3.63, 3.8) is 0 Å². The average Bonchev–Trinajstić information content (AvgIpc) is 2.10. The van der Waals surface area contributed by atoms with E-state index in [1.807, 2.05) is 0 Å². The number of nitro benzene ring substituents is 1. The molecular weight excluding hydrogens is 248 g/mol. The Kier molecular flexibility index (Phi) is 3.37. The highest BCUT2D eigenvalue weighted by Gasteiger charge is 2.22. The van der Waals surface area contributed by atoms with Crippen molar-refractivity contribution in [3.8, 4) is 0 Å². The molecule has 0 atom stereocenters. The van der Waals surface area contributed by atoms with E-state index in [0.717, 1.165) is 0 Å². The summed E-state index contributed by atoms with van der Waals surface area (Å²) in [5.74, 6) is 0. The van der Waals surface area contributed by atoms with Crippen LogP contribution in [-0.4, -0.2) is 4.92 Å². The van der Waals surface area contributed by atoms with E-state index in [1.54, 1.807) is 0 Å². The third-order valence-corrected chi connectivity index (χ3v) is 2.66. The topological polar surface area (TPSA) is 43.1 Å². The molecule has 0 aliphatic heterocycles. The summed E-state index contributed by atoms with van der Waals surface area (Å²) in [5.41, 5.74) is -0.148. The SMILES string of the molecule is C=Cc1c(Cl)cc(Cl)c(Cl)c1[N+](=O)[O-]. The van der Waals surface area contributed by atoms with E-state index < -0.39 is 4.92 Å². The van der Waals surface area contributed by atoms with Gasteiger partial charge in [0, 0.05) is 0 Å². The minimum Gasteiger partial charge on any atom is -0.258 e. The third-order valence-electron chi connectivity index (χ3n) is 1.57. The van der Waals surface area contributed by atoms with Crippen LogP contribution in [0.5, 0.6) is 0 Å². The van der Waals surface area contributed by atoms with Gasteiger partial charge in [-0.1, -0.05) is 47.5 Å². The maximum atomic E-state index is 10.7. The summed E-state index contributed by atoms with van der Waals surface area (Å²) in [6, 6.07) is 1.34. The molecule has 1 rings (SSSR count). The Bertz CT molecular complexity index is 418. The number of hydrogen-bond acceptors (Lipinski definition) is 2. The van der Waals surface area contributed by atoms with Gasteiger partial charge in [0.25, 0.3) is 5.69 Å². The van der Waals surface area contributed by atoms with Gasteiger partial charge in [0.1, 0.15) is 5.02 Å². The van der Waals surface area contributed by atoms with E-state index in [4.69, 9.17) is 34.8 Å². The van der Waals surface area contributed by atoms with Crippen LogP contribution >= 0.6 is 34.8 Å². The molecule has 74 valence electrons. The molecule has 6 heteroatoms. The van der Waals surface area contributed by atoms with Gasteiger partial charge >= 0.3 is 0 Å². The Morgan fingerprint density at radius 3 is 2.36 bits per heavy atom.